The van der Waals surface area contributed by atoms with Crippen LogP contribution in [0.25, 0.3) is 0 Å². The topological polar surface area (TPSA) is 73.9 Å². The van der Waals surface area contributed by atoms with Crippen LogP contribution < -0.4 is 14.8 Å². The van der Waals surface area contributed by atoms with Gasteiger partial charge in [-0.2, -0.15) is 0 Å². The van der Waals surface area contributed by atoms with Gasteiger partial charge in [0.15, 0.2) is 17.3 Å². The molecule has 2 aliphatic heterocycles. The van der Waals surface area contributed by atoms with Crippen LogP contribution in [0.3, 0.4) is 0 Å². The minimum Gasteiger partial charge on any atom is -0.462 e. The maximum atomic E-state index is 13.0. The van der Waals surface area contributed by atoms with Gasteiger partial charge in [-0.15, -0.1) is 0 Å². The Bertz CT molecular complexity index is 933. The molecule has 1 aromatic carbocycles. The van der Waals surface area contributed by atoms with E-state index in [1.807, 2.05) is 13.8 Å². The molecule has 29 heavy (non-hydrogen) atoms. The number of fused-ring (bicyclic) bond motifs is 1. The SMILES string of the molecule is CCCCOC(=O)C1=C(C)NC2=C(C(=O)CCC2)C1c1cc2c(cc1Cl)OCO2. The number of ether oxygens (including phenoxy) is 3. The van der Waals surface area contributed by atoms with Crippen molar-refractivity contribution in [2.45, 2.75) is 51.9 Å². The van der Waals surface area contributed by atoms with E-state index in [1.165, 1.54) is 0 Å². The number of esters is 1. The Balaban J connectivity index is 1.82. The number of unbranched alkanes of at least 4 members (excludes halogenated alkanes) is 1. The molecule has 1 aliphatic carbocycles. The molecule has 7 heteroatoms. The number of dihydropyridines is 1. The Morgan fingerprint density at radius 3 is 2.79 bits per heavy atom. The highest BCUT2D eigenvalue weighted by atomic mass is 35.5. The van der Waals surface area contributed by atoms with Crippen LogP contribution >= 0.6 is 11.6 Å². The van der Waals surface area contributed by atoms with Gasteiger partial charge in [-0.05, 0) is 37.8 Å². The van der Waals surface area contributed by atoms with Crippen LogP contribution in [0.1, 0.15) is 57.4 Å². The number of halogens is 1. The summed E-state index contributed by atoms with van der Waals surface area (Å²) in [6, 6.07) is 3.46. The molecule has 1 N–H and O–H groups in total. The van der Waals surface area contributed by atoms with Crippen molar-refractivity contribution in [3.05, 3.63) is 45.3 Å². The highest BCUT2D eigenvalue weighted by Gasteiger charge is 2.40. The van der Waals surface area contributed by atoms with Gasteiger partial charge in [0.05, 0.1) is 12.2 Å². The number of nitrogens with one attached hydrogen (secondary N) is 1. The first kappa shape index (κ1) is 19.8. The molecule has 154 valence electrons. The third kappa shape index (κ3) is 3.62. The van der Waals surface area contributed by atoms with Crippen molar-refractivity contribution in [1.29, 1.82) is 0 Å². The van der Waals surface area contributed by atoms with Gasteiger partial charge in [0.25, 0.3) is 0 Å². The Kier molecular flexibility index (Phi) is 5.54. The molecule has 0 bridgehead atoms. The van der Waals surface area contributed by atoms with Crippen molar-refractivity contribution in [1.82, 2.24) is 5.32 Å². The van der Waals surface area contributed by atoms with Crippen molar-refractivity contribution in [2.75, 3.05) is 13.4 Å². The summed E-state index contributed by atoms with van der Waals surface area (Å²) in [5.41, 5.74) is 3.24. The fourth-order valence-electron chi connectivity index (χ4n) is 4.11. The van der Waals surface area contributed by atoms with E-state index in [0.717, 1.165) is 31.4 Å². The molecule has 1 atom stereocenters. The molecular weight excluding hydrogens is 394 g/mol. The van der Waals surface area contributed by atoms with Crippen molar-refractivity contribution in [3.63, 3.8) is 0 Å². The van der Waals surface area contributed by atoms with E-state index in [1.54, 1.807) is 12.1 Å². The second kappa shape index (κ2) is 8.11. The minimum atomic E-state index is -0.588. The van der Waals surface area contributed by atoms with E-state index in [0.29, 0.717) is 52.0 Å². The lowest BCUT2D eigenvalue weighted by Crippen LogP contribution is -2.34. The second-order valence-electron chi connectivity index (χ2n) is 7.48. The van der Waals surface area contributed by atoms with Crippen LogP contribution in [0.4, 0.5) is 0 Å². The molecule has 6 nitrogen and oxygen atoms in total. The zero-order chi connectivity index (χ0) is 20.5. The van der Waals surface area contributed by atoms with Crippen LogP contribution in [-0.2, 0) is 14.3 Å². The third-order valence-corrected chi connectivity index (χ3v) is 5.86. The summed E-state index contributed by atoms with van der Waals surface area (Å²) in [7, 11) is 0. The van der Waals surface area contributed by atoms with Crippen molar-refractivity contribution in [2.24, 2.45) is 0 Å². The molecular formula is C22H24ClNO5. The molecule has 3 aliphatic rings. The summed E-state index contributed by atoms with van der Waals surface area (Å²) in [6.07, 6.45) is 3.71. The smallest absolute Gasteiger partial charge is 0.336 e. The summed E-state index contributed by atoms with van der Waals surface area (Å²) in [6.45, 7) is 4.34. The van der Waals surface area contributed by atoms with Gasteiger partial charge in [0, 0.05) is 40.4 Å². The van der Waals surface area contributed by atoms with Gasteiger partial charge in [-0.3, -0.25) is 4.79 Å². The molecule has 0 radical (unpaired) electrons. The normalized spacial score (nSPS) is 20.5. The molecule has 0 spiro atoms. The zero-order valence-corrected chi connectivity index (χ0v) is 17.4. The first-order chi connectivity index (χ1) is 14.0. The fourth-order valence-corrected chi connectivity index (χ4v) is 4.37. The van der Waals surface area contributed by atoms with E-state index in [4.69, 9.17) is 25.8 Å². The largest absolute Gasteiger partial charge is 0.462 e. The number of carbonyl (C=O) groups is 2. The minimum absolute atomic E-state index is 0.0313. The standard InChI is InChI=1S/C22H24ClNO5/c1-3-4-8-27-22(26)19-12(2)24-15-6-5-7-16(25)21(15)20(19)13-9-17-18(10-14(13)23)29-11-28-17/h9-10,20,24H,3-8,11H2,1-2H3. The predicted molar refractivity (Wildman–Crippen MR) is 108 cm³/mol. The molecule has 2 heterocycles. The average Bonchev–Trinajstić information content (AvgIpc) is 3.13. The lowest BCUT2D eigenvalue weighted by molar-refractivity contribution is -0.139. The Morgan fingerprint density at radius 2 is 2.03 bits per heavy atom. The summed E-state index contributed by atoms with van der Waals surface area (Å²) in [4.78, 5) is 26.0. The number of ketones is 1. The van der Waals surface area contributed by atoms with E-state index >= 15 is 0 Å². The summed E-state index contributed by atoms with van der Waals surface area (Å²) in [5, 5.41) is 3.71. The molecule has 1 aromatic rings. The van der Waals surface area contributed by atoms with Crippen LogP contribution in [0, 0.1) is 0 Å². The van der Waals surface area contributed by atoms with E-state index < -0.39 is 11.9 Å². The lowest BCUT2D eigenvalue weighted by atomic mass is 9.75. The second-order valence-corrected chi connectivity index (χ2v) is 7.89. The first-order valence-corrected chi connectivity index (χ1v) is 10.4. The number of allylic oxidation sites excluding steroid dienone is 3. The number of hydrogen-bond acceptors (Lipinski definition) is 6. The fraction of sp³-hybridized carbons (Fsp3) is 0.455. The van der Waals surface area contributed by atoms with Gasteiger partial charge < -0.3 is 19.5 Å². The van der Waals surface area contributed by atoms with E-state index in [2.05, 4.69) is 5.32 Å². The van der Waals surface area contributed by atoms with Crippen LogP contribution in [0.2, 0.25) is 5.02 Å². The molecule has 0 aromatic heterocycles. The maximum absolute atomic E-state index is 13.0. The quantitative estimate of drug-likeness (QED) is 0.566. The van der Waals surface area contributed by atoms with Crippen molar-refractivity contribution < 1.29 is 23.8 Å². The van der Waals surface area contributed by atoms with E-state index in [9.17, 15) is 9.59 Å². The Labute approximate surface area is 174 Å². The van der Waals surface area contributed by atoms with Crippen LogP contribution in [0.5, 0.6) is 11.5 Å². The third-order valence-electron chi connectivity index (χ3n) is 5.53. The number of benzene rings is 1. The number of Topliss-reactive ketones (excluding diaryl/α,β-unsaturated/α-hetero) is 1. The number of rotatable bonds is 5. The highest BCUT2D eigenvalue weighted by Crippen LogP contribution is 2.47. The van der Waals surface area contributed by atoms with Gasteiger partial charge in [-0.1, -0.05) is 24.9 Å². The van der Waals surface area contributed by atoms with E-state index in [-0.39, 0.29) is 12.6 Å². The molecule has 0 amide bonds. The Morgan fingerprint density at radius 1 is 1.28 bits per heavy atom. The lowest BCUT2D eigenvalue weighted by Gasteiger charge is -2.34. The number of hydrogen-bond donors (Lipinski definition) is 1. The Hall–Kier alpha value is -2.47. The van der Waals surface area contributed by atoms with Gasteiger partial charge >= 0.3 is 5.97 Å². The summed E-state index contributed by atoms with van der Waals surface area (Å²) >= 11 is 6.60. The van der Waals surface area contributed by atoms with Crippen molar-refractivity contribution >= 4 is 23.4 Å². The van der Waals surface area contributed by atoms with Gasteiger partial charge in [-0.25, -0.2) is 4.79 Å². The molecule has 4 rings (SSSR count). The number of carbonyl (C=O) groups excluding carboxylic acids is 2. The van der Waals surface area contributed by atoms with Crippen LogP contribution in [0.15, 0.2) is 34.7 Å². The van der Waals surface area contributed by atoms with Crippen molar-refractivity contribution in [3.8, 4) is 11.5 Å². The average molecular weight is 418 g/mol. The first-order valence-electron chi connectivity index (χ1n) is 10.0. The zero-order valence-electron chi connectivity index (χ0n) is 16.6. The molecule has 0 saturated carbocycles. The summed E-state index contributed by atoms with van der Waals surface area (Å²) < 4.78 is 16.5. The van der Waals surface area contributed by atoms with Gasteiger partial charge in [0.1, 0.15) is 0 Å². The van der Waals surface area contributed by atoms with Gasteiger partial charge in [0.2, 0.25) is 6.79 Å². The highest BCUT2D eigenvalue weighted by molar-refractivity contribution is 6.32. The molecule has 1 unspecified atom stereocenters. The maximum Gasteiger partial charge on any atom is 0.336 e. The molecule has 0 saturated heterocycles. The predicted octanol–water partition coefficient (Wildman–Crippen LogP) is 4.38. The molecule has 0 fully saturated rings. The summed E-state index contributed by atoms with van der Waals surface area (Å²) in [5.74, 6) is 0.139. The monoisotopic (exact) mass is 417 g/mol. The van der Waals surface area contributed by atoms with Crippen LogP contribution in [-0.4, -0.2) is 25.2 Å².